The highest BCUT2D eigenvalue weighted by Crippen LogP contribution is 2.38. The van der Waals surface area contributed by atoms with Crippen molar-refractivity contribution < 1.29 is 18.7 Å². The number of ether oxygens (including phenoxy) is 1. The van der Waals surface area contributed by atoms with Crippen LogP contribution in [0.5, 0.6) is 5.75 Å². The van der Waals surface area contributed by atoms with Crippen LogP contribution in [0.25, 0.3) is 0 Å². The van der Waals surface area contributed by atoms with Crippen LogP contribution in [0, 0.1) is 12.7 Å². The minimum Gasteiger partial charge on any atom is -0.495 e. The van der Waals surface area contributed by atoms with Crippen LogP contribution in [0.1, 0.15) is 34.5 Å². The van der Waals surface area contributed by atoms with E-state index >= 15 is 0 Å². The third kappa shape index (κ3) is 4.73. The van der Waals surface area contributed by atoms with Crippen LogP contribution in [-0.2, 0) is 4.79 Å². The summed E-state index contributed by atoms with van der Waals surface area (Å²) < 4.78 is 20.7. The standard InChI is InChI=1S/C29H26FN5O3/c1-17-8-14-21(15-9-17)33-28(36)22-16-31-35-26(19-10-12-20(30)13-11-19)25(18(2)32-27(22)35)29(37)34-23-6-4-5-7-24(23)38-3/h4-16,26,32H,1-3H3,(H,33,36)(H,34,37). The smallest absolute Gasteiger partial charge is 0.261 e. The Labute approximate surface area is 219 Å². The van der Waals surface area contributed by atoms with Crippen molar-refractivity contribution in [3.05, 3.63) is 113 Å². The molecule has 0 bridgehead atoms. The molecule has 1 aliphatic rings. The van der Waals surface area contributed by atoms with Gasteiger partial charge in [0.25, 0.3) is 11.8 Å². The van der Waals surface area contributed by atoms with E-state index in [1.807, 2.05) is 37.3 Å². The summed E-state index contributed by atoms with van der Waals surface area (Å²) in [5, 5.41) is 13.5. The molecule has 192 valence electrons. The van der Waals surface area contributed by atoms with Gasteiger partial charge in [0, 0.05) is 11.4 Å². The number of nitrogens with one attached hydrogen (secondary N) is 3. The highest BCUT2D eigenvalue weighted by atomic mass is 19.1. The van der Waals surface area contributed by atoms with Gasteiger partial charge in [0.1, 0.15) is 29.0 Å². The molecule has 1 atom stereocenters. The zero-order chi connectivity index (χ0) is 26.8. The molecule has 0 spiro atoms. The van der Waals surface area contributed by atoms with Crippen molar-refractivity contribution in [3.8, 4) is 5.75 Å². The van der Waals surface area contributed by atoms with Gasteiger partial charge in [0.15, 0.2) is 0 Å². The number of amides is 2. The number of benzene rings is 3. The topological polar surface area (TPSA) is 97.3 Å². The number of nitrogens with zero attached hydrogens (tertiary/aromatic N) is 2. The zero-order valence-electron chi connectivity index (χ0n) is 21.1. The molecule has 0 fully saturated rings. The maximum atomic E-state index is 13.8. The first kappa shape index (κ1) is 24.8. The van der Waals surface area contributed by atoms with E-state index in [-0.39, 0.29) is 11.8 Å². The van der Waals surface area contributed by atoms with Crippen LogP contribution in [0.15, 0.2) is 90.3 Å². The number of aryl methyl sites for hydroxylation is 1. The van der Waals surface area contributed by atoms with Gasteiger partial charge in [-0.05, 0) is 55.8 Å². The molecule has 2 amide bonds. The van der Waals surface area contributed by atoms with Crippen molar-refractivity contribution in [1.82, 2.24) is 9.78 Å². The minimum absolute atomic E-state index is 0.307. The second-order valence-corrected chi connectivity index (χ2v) is 8.94. The Morgan fingerprint density at radius 2 is 1.66 bits per heavy atom. The largest absolute Gasteiger partial charge is 0.495 e. The van der Waals surface area contributed by atoms with E-state index in [9.17, 15) is 14.0 Å². The van der Waals surface area contributed by atoms with Crippen LogP contribution in [0.2, 0.25) is 0 Å². The van der Waals surface area contributed by atoms with Crippen LogP contribution >= 0.6 is 0 Å². The fraction of sp³-hybridized carbons (Fsp3) is 0.138. The molecule has 3 aromatic carbocycles. The second kappa shape index (κ2) is 10.2. The van der Waals surface area contributed by atoms with E-state index in [2.05, 4.69) is 21.0 Å². The summed E-state index contributed by atoms with van der Waals surface area (Å²) in [6.45, 7) is 3.72. The number of aromatic nitrogens is 2. The molecule has 0 saturated carbocycles. The zero-order valence-corrected chi connectivity index (χ0v) is 21.1. The normalized spacial score (nSPS) is 14.4. The molecule has 1 aliphatic heterocycles. The molecule has 0 aliphatic carbocycles. The molecule has 38 heavy (non-hydrogen) atoms. The van der Waals surface area contributed by atoms with Gasteiger partial charge in [-0.1, -0.05) is 42.0 Å². The molecule has 0 saturated heterocycles. The maximum absolute atomic E-state index is 13.8. The lowest BCUT2D eigenvalue weighted by Gasteiger charge is -2.30. The van der Waals surface area contributed by atoms with Crippen LogP contribution in [0.3, 0.4) is 0 Å². The first-order valence-electron chi connectivity index (χ1n) is 12.0. The number of methoxy groups -OCH3 is 1. The Bertz CT molecular complexity index is 1540. The predicted molar refractivity (Wildman–Crippen MR) is 144 cm³/mol. The Kier molecular flexibility index (Phi) is 6.66. The van der Waals surface area contributed by atoms with Crippen molar-refractivity contribution >= 4 is 29.0 Å². The Hall–Kier alpha value is -4.92. The number of fused-ring (bicyclic) bond motifs is 1. The van der Waals surface area contributed by atoms with Gasteiger partial charge in [0.05, 0.1) is 24.6 Å². The Morgan fingerprint density at radius 1 is 0.947 bits per heavy atom. The van der Waals surface area contributed by atoms with Gasteiger partial charge in [-0.25, -0.2) is 9.07 Å². The molecule has 8 nitrogen and oxygen atoms in total. The summed E-state index contributed by atoms with van der Waals surface area (Å²) in [6.07, 6.45) is 1.46. The van der Waals surface area contributed by atoms with Crippen molar-refractivity contribution in [2.75, 3.05) is 23.1 Å². The van der Waals surface area contributed by atoms with Crippen LogP contribution in [0.4, 0.5) is 21.6 Å². The van der Waals surface area contributed by atoms with Gasteiger partial charge in [-0.15, -0.1) is 0 Å². The summed E-state index contributed by atoms with van der Waals surface area (Å²) in [5.74, 6) is -0.204. The number of para-hydroxylation sites is 2. The number of hydrogen-bond donors (Lipinski definition) is 3. The molecule has 1 aromatic heterocycles. The highest BCUT2D eigenvalue weighted by molar-refractivity contribution is 6.09. The van der Waals surface area contributed by atoms with Gasteiger partial charge >= 0.3 is 0 Å². The third-order valence-corrected chi connectivity index (χ3v) is 6.36. The van der Waals surface area contributed by atoms with Gasteiger partial charge in [-0.3, -0.25) is 9.59 Å². The van der Waals surface area contributed by atoms with E-state index in [0.717, 1.165) is 5.56 Å². The predicted octanol–water partition coefficient (Wildman–Crippen LogP) is 5.52. The minimum atomic E-state index is -0.720. The van der Waals surface area contributed by atoms with E-state index in [1.54, 1.807) is 41.9 Å². The van der Waals surface area contributed by atoms with Crippen molar-refractivity contribution in [2.45, 2.75) is 19.9 Å². The van der Waals surface area contributed by atoms with Crippen molar-refractivity contribution in [2.24, 2.45) is 0 Å². The highest BCUT2D eigenvalue weighted by Gasteiger charge is 2.35. The second-order valence-electron chi connectivity index (χ2n) is 8.94. The molecule has 3 N–H and O–H groups in total. The monoisotopic (exact) mass is 511 g/mol. The average molecular weight is 512 g/mol. The fourth-order valence-corrected chi connectivity index (χ4v) is 4.44. The van der Waals surface area contributed by atoms with Crippen molar-refractivity contribution in [1.29, 1.82) is 0 Å². The van der Waals surface area contributed by atoms with Gasteiger partial charge < -0.3 is 20.7 Å². The maximum Gasteiger partial charge on any atom is 0.261 e. The fourth-order valence-electron chi connectivity index (χ4n) is 4.44. The molecule has 0 radical (unpaired) electrons. The number of carbonyl (C=O) groups excluding carboxylic acids is 2. The number of allylic oxidation sites excluding steroid dienone is 1. The number of hydrogen-bond acceptors (Lipinski definition) is 5. The van der Waals surface area contributed by atoms with Gasteiger partial charge in [-0.2, -0.15) is 5.10 Å². The first-order valence-corrected chi connectivity index (χ1v) is 12.0. The Balaban J connectivity index is 1.54. The summed E-state index contributed by atoms with van der Waals surface area (Å²) >= 11 is 0. The third-order valence-electron chi connectivity index (χ3n) is 6.36. The van der Waals surface area contributed by atoms with E-state index in [0.29, 0.717) is 45.3 Å². The molecule has 5 rings (SSSR count). The summed E-state index contributed by atoms with van der Waals surface area (Å²) in [5.41, 5.74) is 4.06. The average Bonchev–Trinajstić information content (AvgIpc) is 3.33. The molecule has 1 unspecified atom stereocenters. The summed E-state index contributed by atoms with van der Waals surface area (Å²) in [6, 6.07) is 19.7. The lowest BCUT2D eigenvalue weighted by molar-refractivity contribution is -0.113. The number of anilines is 3. The van der Waals surface area contributed by atoms with E-state index < -0.39 is 11.9 Å². The molecule has 4 aromatic rings. The lowest BCUT2D eigenvalue weighted by Crippen LogP contribution is -2.32. The molecular weight excluding hydrogens is 485 g/mol. The molecule has 9 heteroatoms. The molecule has 2 heterocycles. The SMILES string of the molecule is COc1ccccc1NC(=O)C1=C(C)Nc2c(C(=O)Nc3ccc(C)cc3)cnn2C1c1ccc(F)cc1. The van der Waals surface area contributed by atoms with Crippen molar-refractivity contribution in [3.63, 3.8) is 0 Å². The van der Waals surface area contributed by atoms with Gasteiger partial charge in [0.2, 0.25) is 0 Å². The molecular formula is C29H26FN5O3. The lowest BCUT2D eigenvalue weighted by atomic mass is 9.94. The number of carbonyl (C=O) groups is 2. The van der Waals surface area contributed by atoms with Crippen LogP contribution < -0.4 is 20.7 Å². The number of rotatable bonds is 6. The quantitative estimate of drug-likeness (QED) is 0.317. The van der Waals surface area contributed by atoms with E-state index in [1.165, 1.54) is 25.4 Å². The first-order chi connectivity index (χ1) is 18.4. The summed E-state index contributed by atoms with van der Waals surface area (Å²) in [7, 11) is 1.53. The number of halogens is 1. The summed E-state index contributed by atoms with van der Waals surface area (Å²) in [4.78, 5) is 26.8. The van der Waals surface area contributed by atoms with Crippen LogP contribution in [-0.4, -0.2) is 28.7 Å². The Morgan fingerprint density at radius 3 is 2.37 bits per heavy atom. The van der Waals surface area contributed by atoms with E-state index in [4.69, 9.17) is 4.74 Å².